The summed E-state index contributed by atoms with van der Waals surface area (Å²) in [6, 6.07) is 8.36. The molecule has 1 aliphatic rings. The van der Waals surface area contributed by atoms with Crippen molar-refractivity contribution in [3.8, 4) is 5.75 Å². The van der Waals surface area contributed by atoms with Crippen LogP contribution in [0.2, 0.25) is 0 Å². The Morgan fingerprint density at radius 3 is 2.58 bits per heavy atom. The van der Waals surface area contributed by atoms with Gasteiger partial charge in [-0.1, -0.05) is 18.9 Å². The molecule has 0 aliphatic heterocycles. The van der Waals surface area contributed by atoms with Crippen molar-refractivity contribution in [3.05, 3.63) is 54.4 Å². The molecule has 0 radical (unpaired) electrons. The predicted octanol–water partition coefficient (Wildman–Crippen LogP) is 2.75. The van der Waals surface area contributed by atoms with Gasteiger partial charge >= 0.3 is 0 Å². The number of carbonyl (C=O) groups excluding carboxylic acids is 1. The molecule has 3 rings (SSSR count). The molecule has 10 heteroatoms. The number of carbonyl (C=O) groups is 1. The van der Waals surface area contributed by atoms with Crippen LogP contribution in [0.1, 0.15) is 38.2 Å². The van der Waals surface area contributed by atoms with Crippen LogP contribution in [0.25, 0.3) is 0 Å². The standard InChI is InChI=1S/C23H31N3O6S/c1-3-32-18-10-12-19(13-11-18)33(29,30)26(16-17-7-6-14-24-15-17)22(23(27)25-28)20-8-4-5-9-21(20)31-2/h6-7,10-15,20-22,28H,3-5,8-9,16H2,1-2H3,(H,25,27)/t20-,21-,22?/m1/s1. The summed E-state index contributed by atoms with van der Waals surface area (Å²) in [5.41, 5.74) is 2.30. The Morgan fingerprint density at radius 1 is 1.24 bits per heavy atom. The van der Waals surface area contributed by atoms with Crippen molar-refractivity contribution in [3.63, 3.8) is 0 Å². The molecule has 33 heavy (non-hydrogen) atoms. The zero-order valence-corrected chi connectivity index (χ0v) is 19.7. The first-order valence-electron chi connectivity index (χ1n) is 11.0. The third kappa shape index (κ3) is 5.89. The highest BCUT2D eigenvalue weighted by Crippen LogP contribution is 2.35. The number of ether oxygens (including phenoxy) is 2. The van der Waals surface area contributed by atoms with Crippen molar-refractivity contribution in [1.82, 2.24) is 14.8 Å². The van der Waals surface area contributed by atoms with Crippen LogP contribution >= 0.6 is 0 Å². The average molecular weight is 478 g/mol. The molecule has 0 spiro atoms. The summed E-state index contributed by atoms with van der Waals surface area (Å²) in [5, 5.41) is 9.55. The van der Waals surface area contributed by atoms with E-state index in [-0.39, 0.29) is 17.5 Å². The number of hydroxylamine groups is 1. The number of hydrogen-bond acceptors (Lipinski definition) is 7. The summed E-state index contributed by atoms with van der Waals surface area (Å²) < 4.78 is 39.9. The van der Waals surface area contributed by atoms with Gasteiger partial charge in [-0.15, -0.1) is 0 Å². The molecule has 1 fully saturated rings. The molecule has 1 aromatic heterocycles. The molecule has 1 heterocycles. The van der Waals surface area contributed by atoms with E-state index < -0.39 is 27.9 Å². The number of aromatic nitrogens is 1. The molecule has 0 bridgehead atoms. The molecule has 9 nitrogen and oxygen atoms in total. The summed E-state index contributed by atoms with van der Waals surface area (Å²) in [7, 11) is -2.58. The van der Waals surface area contributed by atoms with Gasteiger partial charge in [0.1, 0.15) is 11.8 Å². The van der Waals surface area contributed by atoms with Crippen LogP contribution in [0.3, 0.4) is 0 Å². The summed E-state index contributed by atoms with van der Waals surface area (Å²) >= 11 is 0. The highest BCUT2D eigenvalue weighted by molar-refractivity contribution is 7.89. The van der Waals surface area contributed by atoms with Gasteiger partial charge in [0.05, 0.1) is 17.6 Å². The zero-order valence-electron chi connectivity index (χ0n) is 18.9. The average Bonchev–Trinajstić information content (AvgIpc) is 2.85. The third-order valence-electron chi connectivity index (χ3n) is 5.95. The van der Waals surface area contributed by atoms with E-state index in [4.69, 9.17) is 9.47 Å². The monoisotopic (exact) mass is 477 g/mol. The van der Waals surface area contributed by atoms with E-state index >= 15 is 0 Å². The number of methoxy groups -OCH3 is 1. The lowest BCUT2D eigenvalue weighted by Crippen LogP contribution is -2.55. The molecule has 2 N–H and O–H groups in total. The lowest BCUT2D eigenvalue weighted by atomic mass is 9.81. The number of benzene rings is 1. The number of nitrogens with zero attached hydrogens (tertiary/aromatic N) is 2. The number of nitrogens with one attached hydrogen (secondary N) is 1. The van der Waals surface area contributed by atoms with E-state index in [0.29, 0.717) is 30.8 Å². The molecule has 3 atom stereocenters. The summed E-state index contributed by atoms with van der Waals surface area (Å²) in [4.78, 5) is 17.1. The van der Waals surface area contributed by atoms with Crippen LogP contribution < -0.4 is 10.2 Å². The fourth-order valence-electron chi connectivity index (χ4n) is 4.40. The fourth-order valence-corrected chi connectivity index (χ4v) is 6.02. The van der Waals surface area contributed by atoms with Crippen LogP contribution in [0.15, 0.2) is 53.7 Å². The smallest absolute Gasteiger partial charge is 0.262 e. The second-order valence-corrected chi connectivity index (χ2v) is 9.85. The van der Waals surface area contributed by atoms with Crippen molar-refractivity contribution in [2.24, 2.45) is 5.92 Å². The van der Waals surface area contributed by atoms with E-state index in [9.17, 15) is 18.4 Å². The van der Waals surface area contributed by atoms with Gasteiger partial charge in [-0.3, -0.25) is 15.0 Å². The van der Waals surface area contributed by atoms with Gasteiger partial charge in [0.15, 0.2) is 0 Å². The fraction of sp³-hybridized carbons (Fsp3) is 0.478. The maximum atomic E-state index is 13.9. The quantitative estimate of drug-likeness (QED) is 0.399. The molecule has 1 saturated carbocycles. The van der Waals surface area contributed by atoms with Crippen LogP contribution in [-0.2, 0) is 26.1 Å². The Morgan fingerprint density at radius 2 is 1.97 bits per heavy atom. The first kappa shape index (κ1) is 25.1. The molecule has 0 saturated heterocycles. The number of rotatable bonds is 10. The maximum absolute atomic E-state index is 13.9. The van der Waals surface area contributed by atoms with Gasteiger partial charge in [-0.2, -0.15) is 4.31 Å². The SMILES string of the molecule is CCOc1ccc(S(=O)(=O)N(Cc2cccnc2)C(C(=O)NO)[C@@H]2CCCC[C@H]2OC)cc1. The highest BCUT2D eigenvalue weighted by Gasteiger charge is 2.44. The van der Waals surface area contributed by atoms with E-state index in [1.165, 1.54) is 12.1 Å². The van der Waals surface area contributed by atoms with Crippen LogP contribution in [0, 0.1) is 5.92 Å². The van der Waals surface area contributed by atoms with E-state index in [2.05, 4.69) is 4.98 Å². The minimum atomic E-state index is -4.14. The van der Waals surface area contributed by atoms with Crippen LogP contribution in [-0.4, -0.2) is 54.7 Å². The van der Waals surface area contributed by atoms with Gasteiger partial charge < -0.3 is 9.47 Å². The largest absolute Gasteiger partial charge is 0.494 e. The van der Waals surface area contributed by atoms with Gasteiger partial charge in [-0.25, -0.2) is 13.9 Å². The molecule has 2 aromatic rings. The van der Waals surface area contributed by atoms with Crippen molar-refractivity contribution < 1.29 is 27.9 Å². The van der Waals surface area contributed by atoms with Gasteiger partial charge in [0.2, 0.25) is 10.0 Å². The van der Waals surface area contributed by atoms with E-state index in [1.54, 1.807) is 49.2 Å². The molecule has 1 unspecified atom stereocenters. The Balaban J connectivity index is 2.08. The van der Waals surface area contributed by atoms with Crippen LogP contribution in [0.5, 0.6) is 5.75 Å². The lowest BCUT2D eigenvalue weighted by Gasteiger charge is -2.40. The topological polar surface area (TPSA) is 118 Å². The number of pyridine rings is 1. The van der Waals surface area contributed by atoms with Gasteiger partial charge in [-0.05, 0) is 55.7 Å². The van der Waals surface area contributed by atoms with Gasteiger partial charge in [0, 0.05) is 32.0 Å². The van der Waals surface area contributed by atoms with E-state index in [1.807, 2.05) is 6.92 Å². The lowest BCUT2D eigenvalue weighted by molar-refractivity contribution is -0.138. The normalized spacial score (nSPS) is 19.8. The van der Waals surface area contributed by atoms with Crippen molar-refractivity contribution in [2.75, 3.05) is 13.7 Å². The minimum absolute atomic E-state index is 0.0235. The minimum Gasteiger partial charge on any atom is -0.494 e. The maximum Gasteiger partial charge on any atom is 0.262 e. The Kier molecular flexibility index (Phi) is 8.79. The molecular formula is C23H31N3O6S. The summed E-state index contributed by atoms with van der Waals surface area (Å²) in [6.45, 7) is 2.21. The Bertz CT molecular complexity index is 1000. The summed E-state index contributed by atoms with van der Waals surface area (Å²) in [6.07, 6.45) is 5.91. The zero-order chi connectivity index (χ0) is 23.8. The van der Waals surface area contributed by atoms with Crippen molar-refractivity contribution in [1.29, 1.82) is 0 Å². The van der Waals surface area contributed by atoms with Crippen LogP contribution in [0.4, 0.5) is 0 Å². The molecular weight excluding hydrogens is 446 g/mol. The Labute approximate surface area is 194 Å². The first-order valence-corrected chi connectivity index (χ1v) is 12.5. The first-order chi connectivity index (χ1) is 15.9. The Hall–Kier alpha value is -2.53. The molecule has 1 aromatic carbocycles. The molecule has 1 amide bonds. The van der Waals surface area contributed by atoms with Gasteiger partial charge in [0.25, 0.3) is 5.91 Å². The predicted molar refractivity (Wildman–Crippen MR) is 121 cm³/mol. The second-order valence-electron chi connectivity index (χ2n) is 7.96. The highest BCUT2D eigenvalue weighted by atomic mass is 32.2. The number of sulfonamides is 1. The van der Waals surface area contributed by atoms with Crippen molar-refractivity contribution >= 4 is 15.9 Å². The van der Waals surface area contributed by atoms with Crippen molar-refractivity contribution in [2.45, 2.75) is 56.2 Å². The second kappa shape index (κ2) is 11.6. The molecule has 180 valence electrons. The molecule has 1 aliphatic carbocycles. The van der Waals surface area contributed by atoms with E-state index in [0.717, 1.165) is 17.1 Å². The summed E-state index contributed by atoms with van der Waals surface area (Å²) in [5.74, 6) is -0.668. The number of amides is 1. The number of hydrogen-bond donors (Lipinski definition) is 2. The third-order valence-corrected chi connectivity index (χ3v) is 7.80.